The van der Waals surface area contributed by atoms with Gasteiger partial charge in [-0.1, -0.05) is 48.0 Å². The van der Waals surface area contributed by atoms with Gasteiger partial charge in [-0.3, -0.25) is 14.4 Å². The molecule has 1 aliphatic heterocycles. The Kier molecular flexibility index (Phi) is 7.89. The van der Waals surface area contributed by atoms with Crippen molar-refractivity contribution in [3.05, 3.63) is 100 Å². The van der Waals surface area contributed by atoms with Crippen LogP contribution in [0, 0.1) is 6.92 Å². The first kappa shape index (κ1) is 27.8. The highest BCUT2D eigenvalue weighted by atomic mass is 35.5. The second-order valence-corrected chi connectivity index (χ2v) is 14.5. The van der Waals surface area contributed by atoms with Crippen molar-refractivity contribution in [2.24, 2.45) is 4.99 Å². The lowest BCUT2D eigenvalue weighted by Gasteiger charge is -2.15. The number of aromatic nitrogens is 3. The first-order valence-electron chi connectivity index (χ1n) is 13.2. The van der Waals surface area contributed by atoms with Crippen LogP contribution in [-0.4, -0.2) is 53.2 Å². The number of methoxy groups -OCH3 is 1. The number of hydrogen-bond acceptors (Lipinski definition) is 6. The van der Waals surface area contributed by atoms with Crippen LogP contribution in [0.25, 0.3) is 5.69 Å². The van der Waals surface area contributed by atoms with E-state index in [9.17, 15) is 9.59 Å². The molecule has 0 bridgehead atoms. The van der Waals surface area contributed by atoms with Crippen LogP contribution in [0.2, 0.25) is 18.1 Å². The molecule has 40 heavy (non-hydrogen) atoms. The Bertz CT molecular complexity index is 1560. The third kappa shape index (κ3) is 5.86. The van der Waals surface area contributed by atoms with Crippen molar-refractivity contribution >= 4 is 36.7 Å². The van der Waals surface area contributed by atoms with Crippen molar-refractivity contribution in [3.8, 4) is 11.4 Å². The van der Waals surface area contributed by atoms with E-state index in [1.54, 1.807) is 7.11 Å². The van der Waals surface area contributed by atoms with Gasteiger partial charge in [0.15, 0.2) is 5.82 Å². The molecule has 0 spiro atoms. The summed E-state index contributed by atoms with van der Waals surface area (Å²) in [7, 11) is -0.704. The summed E-state index contributed by atoms with van der Waals surface area (Å²) in [6.45, 7) is 6.17. The molecule has 0 unspecified atom stereocenters. The number of benzene rings is 3. The van der Waals surface area contributed by atoms with E-state index >= 15 is 0 Å². The fourth-order valence-electron chi connectivity index (χ4n) is 4.85. The molecule has 0 saturated carbocycles. The van der Waals surface area contributed by atoms with Crippen LogP contribution in [0.15, 0.2) is 71.7 Å². The molecule has 0 aliphatic carbocycles. The van der Waals surface area contributed by atoms with Crippen LogP contribution >= 0.6 is 11.6 Å². The molecule has 1 aromatic heterocycles. The average Bonchev–Trinajstić information content (AvgIpc) is 3.25. The zero-order valence-corrected chi connectivity index (χ0v) is 24.7. The zero-order chi connectivity index (χ0) is 28.4. The summed E-state index contributed by atoms with van der Waals surface area (Å²) in [6.07, 6.45) is 0.799. The van der Waals surface area contributed by atoms with E-state index in [1.807, 2.05) is 91.3 Å². The molecule has 1 aliphatic rings. The van der Waals surface area contributed by atoms with Crippen LogP contribution in [0.3, 0.4) is 0 Å². The van der Waals surface area contributed by atoms with E-state index in [-0.39, 0.29) is 12.3 Å². The van der Waals surface area contributed by atoms with Gasteiger partial charge in [-0.15, -0.1) is 10.2 Å². The smallest absolute Gasteiger partial charge is 0.222 e. The number of halogens is 1. The Morgan fingerprint density at radius 2 is 1.80 bits per heavy atom. The van der Waals surface area contributed by atoms with Gasteiger partial charge in [-0.25, -0.2) is 0 Å². The van der Waals surface area contributed by atoms with E-state index in [2.05, 4.69) is 15.5 Å². The number of hydrogen-bond donors (Lipinski definition) is 2. The number of aryl methyl sites for hydroxylation is 1. The second-order valence-electron chi connectivity index (χ2n) is 10.4. The van der Waals surface area contributed by atoms with Crippen molar-refractivity contribution < 1.29 is 14.3 Å². The Morgan fingerprint density at radius 1 is 1.07 bits per heavy atom. The van der Waals surface area contributed by atoms with Gasteiger partial charge in [0.2, 0.25) is 14.2 Å². The van der Waals surface area contributed by atoms with Crippen LogP contribution in [-0.2, 0) is 11.2 Å². The fraction of sp³-hybridized carbons (Fsp3) is 0.267. The van der Waals surface area contributed by atoms with Gasteiger partial charge in [-0.05, 0) is 67.5 Å². The Balaban J connectivity index is 1.41. The zero-order valence-electron chi connectivity index (χ0n) is 23.0. The molecule has 0 saturated heterocycles. The first-order valence-corrected chi connectivity index (χ1v) is 16.5. The summed E-state index contributed by atoms with van der Waals surface area (Å²) in [5.74, 6) is 1.88. The van der Waals surface area contributed by atoms with E-state index in [0.717, 1.165) is 33.3 Å². The lowest BCUT2D eigenvalue weighted by atomic mass is 10.00. The molecule has 8 nitrogen and oxygen atoms in total. The summed E-state index contributed by atoms with van der Waals surface area (Å²) in [6, 6.07) is 20.7. The molecule has 4 aromatic rings. The molecule has 1 amide bonds. The molecule has 0 fully saturated rings. The minimum Gasteiger partial charge on any atom is -0.497 e. The summed E-state index contributed by atoms with van der Waals surface area (Å²) in [4.78, 5) is 28.6. The Labute approximate surface area is 239 Å². The molecule has 206 valence electrons. The molecule has 10 heteroatoms. The first-order chi connectivity index (χ1) is 19.1. The highest BCUT2D eigenvalue weighted by molar-refractivity contribution is 6.83. The largest absolute Gasteiger partial charge is 0.497 e. The summed E-state index contributed by atoms with van der Waals surface area (Å²) < 4.78 is 7.49. The maximum absolute atomic E-state index is 13.2. The summed E-state index contributed by atoms with van der Waals surface area (Å²) in [5.41, 5.74) is 4.42. The van der Waals surface area contributed by atoms with E-state index in [1.165, 1.54) is 0 Å². The SMILES string of the molecule is COc1ccc2c(c1)C(c1ccc(Cl)cc1)=N[C@@H](CC(=O)NCCc1ccc([Si](C)(C)O)cc1)c1nnc(C)n1-2. The molecule has 5 rings (SSSR count). The van der Waals surface area contributed by atoms with Gasteiger partial charge in [0.05, 0.1) is 24.9 Å². The quantitative estimate of drug-likeness (QED) is 0.306. The topological polar surface area (TPSA) is 102 Å². The number of nitrogens with one attached hydrogen (secondary N) is 1. The normalized spacial score (nSPS) is 14.6. The average molecular weight is 574 g/mol. The summed E-state index contributed by atoms with van der Waals surface area (Å²) >= 11 is 6.18. The number of fused-ring (bicyclic) bond motifs is 3. The van der Waals surface area contributed by atoms with Crippen molar-refractivity contribution in [1.29, 1.82) is 0 Å². The minimum atomic E-state index is -2.33. The number of ether oxygens (including phenoxy) is 1. The molecular weight excluding hydrogens is 542 g/mol. The fourth-order valence-corrected chi connectivity index (χ4v) is 5.96. The van der Waals surface area contributed by atoms with Crippen LogP contribution in [0.5, 0.6) is 5.75 Å². The Hall–Kier alpha value is -3.79. The summed E-state index contributed by atoms with van der Waals surface area (Å²) in [5, 5.41) is 13.4. The molecule has 2 heterocycles. The minimum absolute atomic E-state index is 0.115. The van der Waals surface area contributed by atoms with E-state index in [0.29, 0.717) is 35.4 Å². The third-order valence-corrected chi connectivity index (χ3v) is 9.02. The second kappa shape index (κ2) is 11.4. The number of amides is 1. The van der Waals surface area contributed by atoms with E-state index < -0.39 is 14.4 Å². The number of carbonyl (C=O) groups excluding carboxylic acids is 1. The van der Waals surface area contributed by atoms with Crippen molar-refractivity contribution in [2.75, 3.05) is 13.7 Å². The number of rotatable bonds is 8. The van der Waals surface area contributed by atoms with Gasteiger partial charge in [0.25, 0.3) is 0 Å². The van der Waals surface area contributed by atoms with Gasteiger partial charge in [-0.2, -0.15) is 0 Å². The predicted octanol–water partition coefficient (Wildman–Crippen LogP) is 4.28. The maximum Gasteiger partial charge on any atom is 0.222 e. The third-order valence-electron chi connectivity index (χ3n) is 7.03. The van der Waals surface area contributed by atoms with Gasteiger partial charge < -0.3 is 14.8 Å². The van der Waals surface area contributed by atoms with Crippen molar-refractivity contribution in [3.63, 3.8) is 0 Å². The monoisotopic (exact) mass is 573 g/mol. The number of nitrogens with zero attached hydrogens (tertiary/aromatic N) is 4. The van der Waals surface area contributed by atoms with E-state index in [4.69, 9.17) is 21.3 Å². The van der Waals surface area contributed by atoms with Gasteiger partial charge in [0.1, 0.15) is 17.6 Å². The van der Waals surface area contributed by atoms with Crippen molar-refractivity contribution in [1.82, 2.24) is 20.1 Å². The van der Waals surface area contributed by atoms with Gasteiger partial charge in [0, 0.05) is 22.7 Å². The molecule has 0 radical (unpaired) electrons. The lowest BCUT2D eigenvalue weighted by molar-refractivity contribution is -0.121. The standard InChI is InChI=1S/C30H32ClN5O3Si/c1-19-34-35-30-26(18-28(37)32-16-15-20-5-12-24(13-6-20)40(3,4)38)33-29(21-7-9-22(31)10-8-21)25-17-23(39-2)11-14-27(25)36(19)30/h5-14,17,26,38H,15-16,18H2,1-4H3,(H,32,37)/t26-/m0/s1. The molecule has 2 N–H and O–H groups in total. The highest BCUT2D eigenvalue weighted by Crippen LogP contribution is 2.34. The molecular formula is C30H32ClN5O3Si. The van der Waals surface area contributed by atoms with Crippen LogP contribution in [0.1, 0.15) is 40.8 Å². The molecule has 3 aromatic carbocycles. The molecule has 1 atom stereocenters. The van der Waals surface area contributed by atoms with Crippen LogP contribution in [0.4, 0.5) is 0 Å². The lowest BCUT2D eigenvalue weighted by Crippen LogP contribution is -2.41. The van der Waals surface area contributed by atoms with Crippen molar-refractivity contribution in [2.45, 2.75) is 38.9 Å². The maximum atomic E-state index is 13.2. The predicted molar refractivity (Wildman–Crippen MR) is 160 cm³/mol. The number of carbonyl (C=O) groups is 1. The van der Waals surface area contributed by atoms with Gasteiger partial charge >= 0.3 is 0 Å². The van der Waals surface area contributed by atoms with Crippen LogP contribution < -0.4 is 15.2 Å². The highest BCUT2D eigenvalue weighted by Gasteiger charge is 2.30. The number of aliphatic imine (C=N–C) groups is 1. The Morgan fingerprint density at radius 3 is 2.48 bits per heavy atom.